The molecule has 0 N–H and O–H groups in total. The molecule has 0 bridgehead atoms. The lowest BCUT2D eigenvalue weighted by molar-refractivity contribution is -0.440. The minimum absolute atomic E-state index is 0.167. The molecule has 0 aromatic carbocycles. The van der Waals surface area contributed by atoms with Crippen molar-refractivity contribution < 1.29 is 9.66 Å². The number of ether oxygens (including phenoxy) is 1. The fourth-order valence-electron chi connectivity index (χ4n) is 3.12. The highest BCUT2D eigenvalue weighted by Gasteiger charge is 2.39. The first-order valence-corrected chi connectivity index (χ1v) is 8.77. The third-order valence-corrected chi connectivity index (χ3v) is 4.52. The molecule has 2 heterocycles. The highest BCUT2D eigenvalue weighted by atomic mass is 35.5. The average molecular weight is 369 g/mol. The van der Waals surface area contributed by atoms with Gasteiger partial charge in [-0.05, 0) is 18.1 Å². The Labute approximate surface area is 153 Å². The lowest BCUT2D eigenvalue weighted by Gasteiger charge is -2.40. The second-order valence-corrected chi connectivity index (χ2v) is 6.77. The van der Waals surface area contributed by atoms with Crippen molar-refractivity contribution in [1.82, 2.24) is 14.8 Å². The second kappa shape index (κ2) is 8.49. The Kier molecular flexibility index (Phi) is 6.61. The number of pyridine rings is 1. The van der Waals surface area contributed by atoms with Crippen LogP contribution in [0, 0.1) is 16.0 Å². The van der Waals surface area contributed by atoms with Crippen LogP contribution in [0.5, 0.6) is 0 Å². The second-order valence-electron chi connectivity index (χ2n) is 6.38. The Hall–Kier alpha value is -1.86. The maximum atomic E-state index is 11.7. The molecule has 2 unspecified atom stereocenters. The summed E-state index contributed by atoms with van der Waals surface area (Å²) in [6, 6.07) is 3.59. The Morgan fingerprint density at radius 3 is 2.80 bits per heavy atom. The average Bonchev–Trinajstić information content (AvgIpc) is 2.56. The van der Waals surface area contributed by atoms with E-state index in [1.807, 2.05) is 43.8 Å². The van der Waals surface area contributed by atoms with Crippen molar-refractivity contribution in [2.45, 2.75) is 39.5 Å². The van der Waals surface area contributed by atoms with Gasteiger partial charge in [0.15, 0.2) is 5.82 Å². The van der Waals surface area contributed by atoms with Crippen molar-refractivity contribution in [2.75, 3.05) is 20.7 Å². The van der Waals surface area contributed by atoms with Crippen molar-refractivity contribution >= 4 is 11.6 Å². The van der Waals surface area contributed by atoms with Gasteiger partial charge in [-0.25, -0.2) is 4.98 Å². The van der Waals surface area contributed by atoms with Gasteiger partial charge in [-0.1, -0.05) is 31.5 Å². The molecule has 8 heteroatoms. The molecule has 0 aliphatic carbocycles. The lowest BCUT2D eigenvalue weighted by atomic mass is 9.97. The van der Waals surface area contributed by atoms with Crippen LogP contribution in [-0.2, 0) is 11.3 Å². The molecule has 0 saturated heterocycles. The van der Waals surface area contributed by atoms with E-state index in [0.29, 0.717) is 30.5 Å². The molecule has 0 spiro atoms. The summed E-state index contributed by atoms with van der Waals surface area (Å²) in [5.41, 5.74) is 1.16. The van der Waals surface area contributed by atoms with Gasteiger partial charge in [0, 0.05) is 39.9 Å². The molecule has 0 saturated carbocycles. The zero-order valence-electron chi connectivity index (χ0n) is 15.1. The Balaban J connectivity index is 2.30. The van der Waals surface area contributed by atoms with Gasteiger partial charge in [0.2, 0.25) is 0 Å². The quantitative estimate of drug-likeness (QED) is 0.417. The van der Waals surface area contributed by atoms with Gasteiger partial charge >= 0.3 is 0 Å². The normalized spacial score (nSPS) is 20.8. The van der Waals surface area contributed by atoms with E-state index in [0.717, 1.165) is 12.0 Å². The monoisotopic (exact) mass is 368 g/mol. The van der Waals surface area contributed by atoms with E-state index in [1.54, 1.807) is 12.3 Å². The first-order valence-electron chi connectivity index (χ1n) is 8.39. The smallest absolute Gasteiger partial charge is 0.289 e. The SMILES string of the molecule is CCCOC1CC(C)C([N+](=O)[O-])=C(N(C)Cc2ccc(Cl)nc2)N1C. The van der Waals surface area contributed by atoms with E-state index in [9.17, 15) is 10.1 Å². The van der Waals surface area contributed by atoms with E-state index in [2.05, 4.69) is 4.98 Å². The fraction of sp³-hybridized carbons (Fsp3) is 0.588. The molecular formula is C17H25ClN4O3. The summed E-state index contributed by atoms with van der Waals surface area (Å²) < 4.78 is 5.90. The summed E-state index contributed by atoms with van der Waals surface area (Å²) in [4.78, 5) is 19.2. The van der Waals surface area contributed by atoms with E-state index in [1.165, 1.54) is 0 Å². The third kappa shape index (κ3) is 4.61. The molecule has 1 aromatic heterocycles. The predicted octanol–water partition coefficient (Wildman–Crippen LogP) is 3.34. The molecule has 1 aliphatic rings. The third-order valence-electron chi connectivity index (χ3n) is 4.30. The summed E-state index contributed by atoms with van der Waals surface area (Å²) in [5, 5.41) is 12.1. The number of nitrogens with zero attached hydrogens (tertiary/aromatic N) is 4. The maximum Gasteiger partial charge on any atom is 0.289 e. The number of allylic oxidation sites excluding steroid dienone is 1. The van der Waals surface area contributed by atoms with Crippen LogP contribution in [0.1, 0.15) is 32.3 Å². The predicted molar refractivity (Wildman–Crippen MR) is 96.3 cm³/mol. The summed E-state index contributed by atoms with van der Waals surface area (Å²) in [6.45, 7) is 5.05. The summed E-state index contributed by atoms with van der Waals surface area (Å²) in [5.74, 6) is 0.397. The zero-order valence-corrected chi connectivity index (χ0v) is 15.9. The van der Waals surface area contributed by atoms with Crippen molar-refractivity contribution in [3.8, 4) is 0 Å². The number of hydrogen-bond donors (Lipinski definition) is 0. The van der Waals surface area contributed by atoms with Crippen molar-refractivity contribution in [3.05, 3.63) is 50.7 Å². The molecule has 7 nitrogen and oxygen atoms in total. The van der Waals surface area contributed by atoms with Crippen molar-refractivity contribution in [2.24, 2.45) is 5.92 Å². The van der Waals surface area contributed by atoms with Crippen LogP contribution >= 0.6 is 11.6 Å². The molecule has 1 aliphatic heterocycles. The molecule has 1 aromatic rings. The van der Waals surface area contributed by atoms with Gasteiger partial charge in [0.05, 0.1) is 10.8 Å². The number of halogens is 1. The highest BCUT2D eigenvalue weighted by molar-refractivity contribution is 6.29. The molecule has 25 heavy (non-hydrogen) atoms. The van der Waals surface area contributed by atoms with Crippen LogP contribution < -0.4 is 0 Å². The van der Waals surface area contributed by atoms with Crippen LogP contribution in [0.3, 0.4) is 0 Å². The highest BCUT2D eigenvalue weighted by Crippen LogP contribution is 2.33. The Bertz CT molecular complexity index is 635. The Morgan fingerprint density at radius 1 is 1.52 bits per heavy atom. The number of rotatable bonds is 7. The van der Waals surface area contributed by atoms with Crippen LogP contribution in [0.2, 0.25) is 5.15 Å². The number of nitro groups is 1. The van der Waals surface area contributed by atoms with Gasteiger partial charge in [0.1, 0.15) is 11.4 Å². The first kappa shape index (κ1) is 19.5. The van der Waals surface area contributed by atoms with Crippen LogP contribution in [0.4, 0.5) is 0 Å². The molecular weight excluding hydrogens is 344 g/mol. The number of aromatic nitrogens is 1. The molecule has 2 atom stereocenters. The molecule has 138 valence electrons. The fourth-order valence-corrected chi connectivity index (χ4v) is 3.23. The van der Waals surface area contributed by atoms with Gasteiger partial charge in [-0.15, -0.1) is 0 Å². The van der Waals surface area contributed by atoms with Crippen LogP contribution in [0.25, 0.3) is 0 Å². The van der Waals surface area contributed by atoms with Crippen LogP contribution in [0.15, 0.2) is 29.8 Å². The minimum Gasteiger partial charge on any atom is -0.358 e. The minimum atomic E-state index is -0.275. The largest absolute Gasteiger partial charge is 0.358 e. The first-order chi connectivity index (χ1) is 11.8. The maximum absolute atomic E-state index is 11.7. The molecule has 0 amide bonds. The van der Waals surface area contributed by atoms with Gasteiger partial charge < -0.3 is 14.5 Å². The summed E-state index contributed by atoms with van der Waals surface area (Å²) in [7, 11) is 3.69. The van der Waals surface area contributed by atoms with Gasteiger partial charge in [-0.2, -0.15) is 0 Å². The van der Waals surface area contributed by atoms with E-state index < -0.39 is 0 Å². The van der Waals surface area contributed by atoms with E-state index in [-0.39, 0.29) is 22.8 Å². The lowest BCUT2D eigenvalue weighted by Crippen LogP contribution is -2.46. The van der Waals surface area contributed by atoms with Gasteiger partial charge in [-0.3, -0.25) is 10.1 Å². The topological polar surface area (TPSA) is 71.7 Å². The summed E-state index contributed by atoms with van der Waals surface area (Å²) >= 11 is 5.82. The standard InChI is InChI=1S/C17H25ClN4O3/c1-5-8-25-15-9-12(2)16(22(23)24)17(21(15)4)20(3)11-13-6-7-14(18)19-10-13/h6-7,10,12,15H,5,8-9,11H2,1-4H3. The Morgan fingerprint density at radius 2 is 2.24 bits per heavy atom. The van der Waals surface area contributed by atoms with E-state index >= 15 is 0 Å². The van der Waals surface area contributed by atoms with Crippen molar-refractivity contribution in [1.29, 1.82) is 0 Å². The molecule has 0 radical (unpaired) electrons. The zero-order chi connectivity index (χ0) is 18.6. The summed E-state index contributed by atoms with van der Waals surface area (Å²) in [6.07, 6.45) is 3.03. The number of hydrogen-bond acceptors (Lipinski definition) is 6. The van der Waals surface area contributed by atoms with Crippen LogP contribution in [-0.4, -0.2) is 46.6 Å². The van der Waals surface area contributed by atoms with E-state index in [4.69, 9.17) is 16.3 Å². The van der Waals surface area contributed by atoms with Gasteiger partial charge in [0.25, 0.3) is 5.70 Å². The van der Waals surface area contributed by atoms with Crippen molar-refractivity contribution in [3.63, 3.8) is 0 Å². The molecule has 2 rings (SSSR count). The molecule has 0 fully saturated rings.